The fraction of sp³-hybridized carbons (Fsp3) is 0.579. The molecule has 1 aliphatic rings. The molecule has 2 rings (SSSR count). The van der Waals surface area contributed by atoms with E-state index >= 15 is 0 Å². The minimum Gasteiger partial charge on any atom is -0.381 e. The molecule has 0 aromatic heterocycles. The molecule has 1 amide bonds. The maximum absolute atomic E-state index is 12.2. The van der Waals surface area contributed by atoms with E-state index in [9.17, 15) is 4.79 Å². The van der Waals surface area contributed by atoms with E-state index in [0.717, 1.165) is 12.8 Å². The van der Waals surface area contributed by atoms with Gasteiger partial charge < -0.3 is 15.4 Å². The van der Waals surface area contributed by atoms with E-state index in [-0.39, 0.29) is 17.5 Å². The van der Waals surface area contributed by atoms with Crippen molar-refractivity contribution in [2.45, 2.75) is 45.2 Å². The van der Waals surface area contributed by atoms with Gasteiger partial charge in [-0.1, -0.05) is 30.3 Å². The summed E-state index contributed by atoms with van der Waals surface area (Å²) < 4.78 is 5.50. The Balaban J connectivity index is 2.06. The largest absolute Gasteiger partial charge is 0.381 e. The summed E-state index contributed by atoms with van der Waals surface area (Å²) in [6.07, 6.45) is 1.66. The van der Waals surface area contributed by atoms with Crippen molar-refractivity contribution in [3.63, 3.8) is 0 Å². The lowest BCUT2D eigenvalue weighted by atomic mass is 9.87. The van der Waals surface area contributed by atoms with Crippen molar-refractivity contribution in [1.29, 1.82) is 5.26 Å². The number of nitriles is 1. The topological polar surface area (TPSA) is 74.1 Å². The molecule has 1 aromatic rings. The van der Waals surface area contributed by atoms with E-state index in [1.807, 2.05) is 18.2 Å². The summed E-state index contributed by atoms with van der Waals surface area (Å²) >= 11 is 0. The standard InChI is InChI=1S/C19H27N3O2/c1-15(16-7-5-4-6-8-16)22-19(9-11-24-12-10-19)14-21-17(23)18(2,3)13-20/h4-8,15,22H,9-12,14H2,1-3H3,(H,21,23)/t15-/m0/s1. The zero-order chi connectivity index (χ0) is 17.6. The van der Waals surface area contributed by atoms with Crippen LogP contribution in [0.5, 0.6) is 0 Å². The smallest absolute Gasteiger partial charge is 0.239 e. The molecule has 5 nitrogen and oxygen atoms in total. The number of hydrogen-bond donors (Lipinski definition) is 2. The van der Waals surface area contributed by atoms with Gasteiger partial charge in [-0.15, -0.1) is 0 Å². The first kappa shape index (κ1) is 18.4. The quantitative estimate of drug-likeness (QED) is 0.841. The van der Waals surface area contributed by atoms with Crippen molar-refractivity contribution in [2.75, 3.05) is 19.8 Å². The second-order valence-corrected chi connectivity index (χ2v) is 7.09. The highest BCUT2D eigenvalue weighted by Crippen LogP contribution is 2.25. The fourth-order valence-corrected chi connectivity index (χ4v) is 2.94. The molecule has 1 fully saturated rings. The summed E-state index contributed by atoms with van der Waals surface area (Å²) in [5.41, 5.74) is -0.0152. The predicted octanol–water partition coefficient (Wildman–Crippen LogP) is 2.55. The summed E-state index contributed by atoms with van der Waals surface area (Å²) in [4.78, 5) is 12.2. The number of amides is 1. The summed E-state index contributed by atoms with van der Waals surface area (Å²) in [5.74, 6) is -0.231. The molecule has 2 N–H and O–H groups in total. The van der Waals surface area contributed by atoms with Crippen LogP contribution in [0.3, 0.4) is 0 Å². The Hall–Kier alpha value is -1.90. The first-order valence-electron chi connectivity index (χ1n) is 8.48. The van der Waals surface area contributed by atoms with Gasteiger partial charge in [0, 0.05) is 31.3 Å². The number of rotatable bonds is 6. The molecule has 0 aliphatic carbocycles. The van der Waals surface area contributed by atoms with Gasteiger partial charge in [-0.3, -0.25) is 4.79 Å². The fourth-order valence-electron chi connectivity index (χ4n) is 2.94. The summed E-state index contributed by atoms with van der Waals surface area (Å²) in [6.45, 7) is 7.25. The van der Waals surface area contributed by atoms with Crippen molar-refractivity contribution in [3.8, 4) is 6.07 Å². The van der Waals surface area contributed by atoms with Gasteiger partial charge >= 0.3 is 0 Å². The van der Waals surface area contributed by atoms with Crippen molar-refractivity contribution in [2.24, 2.45) is 5.41 Å². The Morgan fingerprint density at radius 3 is 2.54 bits per heavy atom. The number of hydrogen-bond acceptors (Lipinski definition) is 4. The lowest BCUT2D eigenvalue weighted by Gasteiger charge is -2.41. The zero-order valence-corrected chi connectivity index (χ0v) is 14.8. The van der Waals surface area contributed by atoms with Gasteiger partial charge in [-0.25, -0.2) is 0 Å². The monoisotopic (exact) mass is 329 g/mol. The van der Waals surface area contributed by atoms with E-state index in [1.54, 1.807) is 13.8 Å². The van der Waals surface area contributed by atoms with Crippen LogP contribution in [-0.4, -0.2) is 31.2 Å². The second-order valence-electron chi connectivity index (χ2n) is 7.09. The van der Waals surface area contributed by atoms with Gasteiger partial charge in [-0.2, -0.15) is 5.26 Å². The summed E-state index contributed by atoms with van der Waals surface area (Å²) in [5, 5.41) is 15.8. The van der Waals surface area contributed by atoms with Gasteiger partial charge in [0.25, 0.3) is 0 Å². The van der Waals surface area contributed by atoms with Crippen molar-refractivity contribution in [1.82, 2.24) is 10.6 Å². The van der Waals surface area contributed by atoms with E-state index < -0.39 is 5.41 Å². The van der Waals surface area contributed by atoms with E-state index in [1.165, 1.54) is 5.56 Å². The molecule has 130 valence electrons. The molecule has 0 saturated carbocycles. The van der Waals surface area contributed by atoms with Crippen LogP contribution < -0.4 is 10.6 Å². The molecule has 0 radical (unpaired) electrons. The van der Waals surface area contributed by atoms with Crippen LogP contribution >= 0.6 is 0 Å². The van der Waals surface area contributed by atoms with Gasteiger partial charge in [0.15, 0.2) is 0 Å². The van der Waals surface area contributed by atoms with E-state index in [2.05, 4.69) is 35.8 Å². The number of nitrogens with zero attached hydrogens (tertiary/aromatic N) is 1. The third-order valence-electron chi connectivity index (χ3n) is 4.71. The van der Waals surface area contributed by atoms with Crippen LogP contribution in [0.25, 0.3) is 0 Å². The van der Waals surface area contributed by atoms with Crippen LogP contribution in [0.1, 0.15) is 45.2 Å². The first-order valence-corrected chi connectivity index (χ1v) is 8.48. The maximum atomic E-state index is 12.2. The highest BCUT2D eigenvalue weighted by Gasteiger charge is 2.36. The molecule has 1 atom stereocenters. The zero-order valence-electron chi connectivity index (χ0n) is 14.8. The van der Waals surface area contributed by atoms with Crippen LogP contribution in [0, 0.1) is 16.7 Å². The molecule has 0 bridgehead atoms. The summed E-state index contributed by atoms with van der Waals surface area (Å²) in [6, 6.07) is 12.5. The van der Waals surface area contributed by atoms with Gasteiger partial charge in [0.2, 0.25) is 5.91 Å². The number of nitrogens with one attached hydrogen (secondary N) is 2. The summed E-state index contributed by atoms with van der Waals surface area (Å²) in [7, 11) is 0. The first-order chi connectivity index (χ1) is 11.4. The molecule has 1 saturated heterocycles. The predicted molar refractivity (Wildman–Crippen MR) is 93.2 cm³/mol. The van der Waals surface area contributed by atoms with Crippen LogP contribution in [0.2, 0.25) is 0 Å². The normalized spacial score (nSPS) is 18.4. The molecule has 24 heavy (non-hydrogen) atoms. The van der Waals surface area contributed by atoms with Crippen LogP contribution in [0.15, 0.2) is 30.3 Å². The third-order valence-corrected chi connectivity index (χ3v) is 4.71. The third kappa shape index (κ3) is 4.56. The van der Waals surface area contributed by atoms with Gasteiger partial charge in [-0.05, 0) is 39.2 Å². The maximum Gasteiger partial charge on any atom is 0.239 e. The number of carbonyl (C=O) groups is 1. The highest BCUT2D eigenvalue weighted by atomic mass is 16.5. The SMILES string of the molecule is C[C@H](NC1(CNC(=O)C(C)(C)C#N)CCOCC1)c1ccccc1. The van der Waals surface area contributed by atoms with Gasteiger partial charge in [0.05, 0.1) is 6.07 Å². The van der Waals surface area contributed by atoms with E-state index in [0.29, 0.717) is 19.8 Å². The minimum absolute atomic E-state index is 0.171. The van der Waals surface area contributed by atoms with Crippen LogP contribution in [0.4, 0.5) is 0 Å². The Morgan fingerprint density at radius 1 is 1.33 bits per heavy atom. The Labute approximate surface area is 144 Å². The Morgan fingerprint density at radius 2 is 1.96 bits per heavy atom. The molecular weight excluding hydrogens is 302 g/mol. The van der Waals surface area contributed by atoms with Crippen molar-refractivity contribution in [3.05, 3.63) is 35.9 Å². The lowest BCUT2D eigenvalue weighted by Crippen LogP contribution is -2.58. The average molecular weight is 329 g/mol. The van der Waals surface area contributed by atoms with E-state index in [4.69, 9.17) is 10.00 Å². The van der Waals surface area contributed by atoms with Crippen LogP contribution in [-0.2, 0) is 9.53 Å². The molecule has 0 spiro atoms. The number of benzene rings is 1. The second kappa shape index (κ2) is 7.78. The molecule has 1 aliphatic heterocycles. The van der Waals surface area contributed by atoms with Crippen molar-refractivity contribution >= 4 is 5.91 Å². The van der Waals surface area contributed by atoms with Gasteiger partial charge in [0.1, 0.15) is 5.41 Å². The minimum atomic E-state index is -1.02. The number of carbonyl (C=O) groups excluding carboxylic acids is 1. The highest BCUT2D eigenvalue weighted by molar-refractivity contribution is 5.84. The number of ether oxygens (including phenoxy) is 1. The molecular formula is C19H27N3O2. The van der Waals surface area contributed by atoms with Crippen molar-refractivity contribution < 1.29 is 9.53 Å². The molecule has 1 heterocycles. The lowest BCUT2D eigenvalue weighted by molar-refractivity contribution is -0.127. The Bertz CT molecular complexity index is 586. The molecule has 5 heteroatoms. The average Bonchev–Trinajstić information content (AvgIpc) is 2.61. The molecule has 0 unspecified atom stereocenters. The Kier molecular flexibility index (Phi) is 5.98. The molecule has 1 aromatic carbocycles.